The number of aromatic nitrogens is 4. The average molecular weight is 471 g/mol. The maximum Gasteiger partial charge on any atom is 0.163 e. The van der Waals surface area contributed by atoms with Gasteiger partial charge in [0.25, 0.3) is 0 Å². The number of hydrogen-bond donors (Lipinski definition) is 1. The van der Waals surface area contributed by atoms with Gasteiger partial charge in [-0.15, -0.1) is 0 Å². The van der Waals surface area contributed by atoms with Crippen LogP contribution in [0.5, 0.6) is 0 Å². The number of anilines is 3. The number of hydrogen-bond acceptors (Lipinski definition) is 6. The van der Waals surface area contributed by atoms with Gasteiger partial charge in [-0.25, -0.2) is 19.3 Å². The van der Waals surface area contributed by atoms with Crippen molar-refractivity contribution in [3.05, 3.63) is 90.1 Å². The first-order chi connectivity index (χ1) is 16.5. The third kappa shape index (κ3) is 4.38. The first-order valence-corrected chi connectivity index (χ1v) is 10.9. The molecular weight excluding hydrogens is 451 g/mol. The van der Waals surface area contributed by atoms with Gasteiger partial charge in [0.1, 0.15) is 17.5 Å². The minimum atomic E-state index is -0.480. The molecule has 0 unspecified atom stereocenters. The Kier molecular flexibility index (Phi) is 5.77. The normalized spacial score (nSPS) is 10.9. The third-order valence-corrected chi connectivity index (χ3v) is 5.63. The molecule has 3 aromatic heterocycles. The first kappa shape index (κ1) is 21.7. The highest BCUT2D eigenvalue weighted by Crippen LogP contribution is 2.32. The summed E-state index contributed by atoms with van der Waals surface area (Å²) in [4.78, 5) is 20.2. The molecule has 0 aliphatic carbocycles. The zero-order valence-electron chi connectivity index (χ0n) is 18.5. The Morgan fingerprint density at radius 2 is 1.74 bits per heavy atom. The molecule has 0 fully saturated rings. The van der Waals surface area contributed by atoms with Crippen LogP contribution in [0.3, 0.4) is 0 Å². The Bertz CT molecular complexity index is 1470. The summed E-state index contributed by atoms with van der Waals surface area (Å²) in [5.74, 6) is 1.50. The van der Waals surface area contributed by atoms with Crippen molar-refractivity contribution < 1.29 is 4.39 Å². The molecule has 0 atom stereocenters. The topological polar surface area (TPSA) is 66.8 Å². The van der Waals surface area contributed by atoms with E-state index in [9.17, 15) is 4.39 Å². The highest BCUT2D eigenvalue weighted by Gasteiger charge is 2.13. The fourth-order valence-corrected chi connectivity index (χ4v) is 3.74. The highest BCUT2D eigenvalue weighted by atomic mass is 35.5. The van der Waals surface area contributed by atoms with Crippen LogP contribution in [-0.4, -0.2) is 34.0 Å². The van der Waals surface area contributed by atoms with Crippen molar-refractivity contribution in [2.24, 2.45) is 0 Å². The van der Waals surface area contributed by atoms with Crippen LogP contribution < -0.4 is 10.2 Å². The standard InChI is InChI=1S/C26H20ClFN6/c1-34(2)24-10-6-17(15-30-24)16-5-9-23-20(12-16)26(31-19-7-8-22(28)21(27)13-19)33-25(32-23)18-4-3-11-29-14-18/h3-15H,1-2H3,(H,31,32,33). The fraction of sp³-hybridized carbons (Fsp3) is 0.0769. The summed E-state index contributed by atoms with van der Waals surface area (Å²) in [6.45, 7) is 0. The van der Waals surface area contributed by atoms with Gasteiger partial charge in [-0.1, -0.05) is 17.7 Å². The van der Waals surface area contributed by atoms with Crippen molar-refractivity contribution in [3.63, 3.8) is 0 Å². The molecule has 0 radical (unpaired) electrons. The van der Waals surface area contributed by atoms with Gasteiger partial charge in [0.2, 0.25) is 0 Å². The van der Waals surface area contributed by atoms with E-state index in [1.54, 1.807) is 18.5 Å². The van der Waals surface area contributed by atoms with Crippen LogP contribution in [0.25, 0.3) is 33.4 Å². The summed E-state index contributed by atoms with van der Waals surface area (Å²) >= 11 is 6.00. The predicted octanol–water partition coefficient (Wildman–Crippen LogP) is 6.36. The van der Waals surface area contributed by atoms with E-state index in [0.717, 1.165) is 33.4 Å². The van der Waals surface area contributed by atoms with Gasteiger partial charge < -0.3 is 10.2 Å². The second-order valence-electron chi connectivity index (χ2n) is 7.92. The van der Waals surface area contributed by atoms with Crippen molar-refractivity contribution >= 4 is 39.8 Å². The van der Waals surface area contributed by atoms with Gasteiger partial charge in [0, 0.05) is 54.9 Å². The van der Waals surface area contributed by atoms with E-state index < -0.39 is 5.82 Å². The van der Waals surface area contributed by atoms with E-state index in [-0.39, 0.29) is 5.02 Å². The van der Waals surface area contributed by atoms with Gasteiger partial charge >= 0.3 is 0 Å². The van der Waals surface area contributed by atoms with E-state index in [1.165, 1.54) is 12.1 Å². The maximum absolute atomic E-state index is 13.7. The average Bonchev–Trinajstić information content (AvgIpc) is 2.86. The Balaban J connectivity index is 1.64. The first-order valence-electron chi connectivity index (χ1n) is 10.6. The molecule has 0 aliphatic heterocycles. The Morgan fingerprint density at radius 1 is 0.882 bits per heavy atom. The van der Waals surface area contributed by atoms with Crippen LogP contribution in [0.15, 0.2) is 79.3 Å². The Labute approximate surface area is 201 Å². The predicted molar refractivity (Wildman–Crippen MR) is 135 cm³/mol. The van der Waals surface area contributed by atoms with E-state index in [2.05, 4.69) is 15.3 Å². The molecule has 0 spiro atoms. The number of halogens is 2. The van der Waals surface area contributed by atoms with E-state index in [0.29, 0.717) is 17.3 Å². The summed E-state index contributed by atoms with van der Waals surface area (Å²) in [5, 5.41) is 4.12. The van der Waals surface area contributed by atoms with Crippen LogP contribution in [0, 0.1) is 5.82 Å². The van der Waals surface area contributed by atoms with Crippen molar-refractivity contribution in [3.8, 4) is 22.5 Å². The van der Waals surface area contributed by atoms with Gasteiger partial charge in [0.05, 0.1) is 10.5 Å². The lowest BCUT2D eigenvalue weighted by Crippen LogP contribution is -2.09. The Hall–Kier alpha value is -4.10. The minimum absolute atomic E-state index is 0.0311. The van der Waals surface area contributed by atoms with Gasteiger partial charge in [-0.05, 0) is 60.2 Å². The molecule has 0 saturated carbocycles. The van der Waals surface area contributed by atoms with E-state index in [1.807, 2.05) is 67.7 Å². The summed E-state index contributed by atoms with van der Waals surface area (Å²) in [6, 6.07) is 18.2. The zero-order valence-corrected chi connectivity index (χ0v) is 19.3. The van der Waals surface area contributed by atoms with Crippen LogP contribution in [0.2, 0.25) is 5.02 Å². The number of rotatable bonds is 5. The number of nitrogens with one attached hydrogen (secondary N) is 1. The van der Waals surface area contributed by atoms with Gasteiger partial charge in [-0.2, -0.15) is 0 Å². The lowest BCUT2D eigenvalue weighted by atomic mass is 10.0. The number of pyridine rings is 2. The molecule has 6 nitrogen and oxygen atoms in total. The van der Waals surface area contributed by atoms with Crippen LogP contribution >= 0.6 is 11.6 Å². The summed E-state index contributed by atoms with van der Waals surface area (Å²) < 4.78 is 13.7. The second kappa shape index (κ2) is 9.03. The molecule has 0 saturated heterocycles. The minimum Gasteiger partial charge on any atom is -0.363 e. The molecule has 0 aliphatic rings. The van der Waals surface area contributed by atoms with Crippen molar-refractivity contribution in [1.82, 2.24) is 19.9 Å². The second-order valence-corrected chi connectivity index (χ2v) is 8.33. The fourth-order valence-electron chi connectivity index (χ4n) is 3.56. The molecular formula is C26H20ClFN6. The highest BCUT2D eigenvalue weighted by molar-refractivity contribution is 6.31. The van der Waals surface area contributed by atoms with Crippen molar-refractivity contribution in [1.29, 1.82) is 0 Å². The molecule has 8 heteroatoms. The third-order valence-electron chi connectivity index (χ3n) is 5.34. The van der Waals surface area contributed by atoms with Crippen LogP contribution in [-0.2, 0) is 0 Å². The Morgan fingerprint density at radius 3 is 2.44 bits per heavy atom. The maximum atomic E-state index is 13.7. The number of nitrogens with zero attached hydrogens (tertiary/aromatic N) is 5. The lowest BCUT2D eigenvalue weighted by Gasteiger charge is -2.14. The molecule has 34 heavy (non-hydrogen) atoms. The van der Waals surface area contributed by atoms with Gasteiger partial charge in [-0.3, -0.25) is 4.98 Å². The number of benzene rings is 2. The molecule has 0 amide bonds. The van der Waals surface area contributed by atoms with E-state index >= 15 is 0 Å². The van der Waals surface area contributed by atoms with Crippen molar-refractivity contribution in [2.75, 3.05) is 24.3 Å². The largest absolute Gasteiger partial charge is 0.363 e. The van der Waals surface area contributed by atoms with Gasteiger partial charge in [0.15, 0.2) is 5.82 Å². The summed E-state index contributed by atoms with van der Waals surface area (Å²) in [6.07, 6.45) is 5.26. The quantitative estimate of drug-likeness (QED) is 0.322. The lowest BCUT2D eigenvalue weighted by molar-refractivity contribution is 0.628. The van der Waals surface area contributed by atoms with Crippen molar-refractivity contribution in [2.45, 2.75) is 0 Å². The molecule has 168 valence electrons. The zero-order chi connectivity index (χ0) is 23.7. The summed E-state index contributed by atoms with van der Waals surface area (Å²) in [7, 11) is 3.91. The summed E-state index contributed by atoms with van der Waals surface area (Å²) in [5.41, 5.74) is 4.11. The monoisotopic (exact) mass is 470 g/mol. The molecule has 2 aromatic carbocycles. The molecule has 1 N–H and O–H groups in total. The number of fused-ring (bicyclic) bond motifs is 1. The van der Waals surface area contributed by atoms with E-state index in [4.69, 9.17) is 21.6 Å². The van der Waals surface area contributed by atoms with Crippen LogP contribution in [0.4, 0.5) is 21.7 Å². The SMILES string of the molecule is CN(C)c1ccc(-c2ccc3nc(-c4cccnc4)nc(Nc4ccc(F)c(Cl)c4)c3c2)cn1. The smallest absolute Gasteiger partial charge is 0.163 e. The molecule has 5 aromatic rings. The molecule has 3 heterocycles. The molecule has 0 bridgehead atoms. The van der Waals surface area contributed by atoms with Crippen LogP contribution in [0.1, 0.15) is 0 Å². The molecule has 5 rings (SSSR count).